The molecule has 0 atom stereocenters. The summed E-state index contributed by atoms with van der Waals surface area (Å²) in [6.45, 7) is 0. The van der Waals surface area contributed by atoms with Crippen molar-refractivity contribution >= 4 is 49.9 Å². The standard InChI is InChI=1S/C20H10Cl2F2N4O2S/c21-15-4-2-13(8-16(15)22)31(29,30)28-18-6-5-17(23)14(19(18)24)3-1-11-7-12-10-26-27-20(12)25-9-11/h2,4-10,28H,(H,25,26,27). The van der Waals surface area contributed by atoms with Gasteiger partial charge in [-0.15, -0.1) is 0 Å². The second-order valence-corrected chi connectivity index (χ2v) is 8.74. The van der Waals surface area contributed by atoms with Gasteiger partial charge in [0.1, 0.15) is 5.82 Å². The number of benzene rings is 2. The molecule has 2 heterocycles. The highest BCUT2D eigenvalue weighted by Gasteiger charge is 2.20. The summed E-state index contributed by atoms with van der Waals surface area (Å²) in [5.74, 6) is 2.91. The van der Waals surface area contributed by atoms with Crippen LogP contribution in [0.5, 0.6) is 0 Å². The molecule has 11 heteroatoms. The molecule has 0 aliphatic rings. The lowest BCUT2D eigenvalue weighted by molar-refractivity contribution is 0.578. The first-order valence-electron chi connectivity index (χ1n) is 8.51. The zero-order valence-corrected chi connectivity index (χ0v) is 17.6. The number of nitrogens with one attached hydrogen (secondary N) is 2. The largest absolute Gasteiger partial charge is 0.277 e. The molecule has 4 rings (SSSR count). The Kier molecular flexibility index (Phi) is 5.54. The van der Waals surface area contributed by atoms with E-state index in [9.17, 15) is 17.2 Å². The van der Waals surface area contributed by atoms with E-state index in [0.29, 0.717) is 16.6 Å². The average molecular weight is 479 g/mol. The minimum absolute atomic E-state index is 0.0128. The Labute approximate surface area is 185 Å². The van der Waals surface area contributed by atoms with Crippen molar-refractivity contribution in [1.82, 2.24) is 15.2 Å². The molecule has 0 unspecified atom stereocenters. The Morgan fingerprint density at radius 3 is 2.58 bits per heavy atom. The van der Waals surface area contributed by atoms with Gasteiger partial charge < -0.3 is 0 Å². The number of fused-ring (bicyclic) bond motifs is 1. The molecule has 0 spiro atoms. The van der Waals surface area contributed by atoms with Gasteiger partial charge in [-0.25, -0.2) is 22.2 Å². The number of aromatic nitrogens is 3. The van der Waals surface area contributed by atoms with Crippen LogP contribution in [0.4, 0.5) is 14.5 Å². The van der Waals surface area contributed by atoms with E-state index >= 15 is 0 Å². The molecule has 31 heavy (non-hydrogen) atoms. The van der Waals surface area contributed by atoms with Gasteiger partial charge in [0.25, 0.3) is 10.0 Å². The molecule has 6 nitrogen and oxygen atoms in total. The monoisotopic (exact) mass is 478 g/mol. The maximum atomic E-state index is 14.9. The summed E-state index contributed by atoms with van der Waals surface area (Å²) in [4.78, 5) is 3.85. The van der Waals surface area contributed by atoms with Crippen LogP contribution in [0.15, 0.2) is 53.7 Å². The first-order valence-corrected chi connectivity index (χ1v) is 10.8. The third-order valence-electron chi connectivity index (χ3n) is 4.16. The van der Waals surface area contributed by atoms with E-state index in [2.05, 4.69) is 31.7 Å². The van der Waals surface area contributed by atoms with Gasteiger partial charge in [-0.1, -0.05) is 35.0 Å². The number of nitrogens with zero attached hydrogens (tertiary/aromatic N) is 2. The van der Waals surface area contributed by atoms with E-state index in [0.717, 1.165) is 18.2 Å². The third-order valence-corrected chi connectivity index (χ3v) is 6.26. The first-order chi connectivity index (χ1) is 14.7. The Morgan fingerprint density at radius 2 is 1.81 bits per heavy atom. The molecular formula is C20H10Cl2F2N4O2S. The number of aromatic amines is 1. The minimum atomic E-state index is -4.21. The highest BCUT2D eigenvalue weighted by molar-refractivity contribution is 7.92. The Hall–Kier alpha value is -3.19. The van der Waals surface area contributed by atoms with Gasteiger partial charge in [0.2, 0.25) is 0 Å². The van der Waals surface area contributed by atoms with Crippen molar-refractivity contribution in [3.05, 3.63) is 81.6 Å². The number of halogens is 4. The van der Waals surface area contributed by atoms with E-state index < -0.39 is 32.9 Å². The number of H-pyrrole nitrogens is 1. The van der Waals surface area contributed by atoms with Gasteiger partial charge >= 0.3 is 0 Å². The van der Waals surface area contributed by atoms with Crippen LogP contribution in [-0.2, 0) is 10.0 Å². The maximum Gasteiger partial charge on any atom is 0.262 e. The fourth-order valence-electron chi connectivity index (χ4n) is 2.63. The smallest absolute Gasteiger partial charge is 0.262 e. The summed E-state index contributed by atoms with van der Waals surface area (Å²) < 4.78 is 56.3. The zero-order valence-electron chi connectivity index (χ0n) is 15.2. The van der Waals surface area contributed by atoms with Crippen LogP contribution >= 0.6 is 23.2 Å². The molecule has 0 saturated carbocycles. The van der Waals surface area contributed by atoms with Crippen LogP contribution in [0.2, 0.25) is 10.0 Å². The molecule has 0 fully saturated rings. The van der Waals surface area contributed by atoms with Crippen molar-refractivity contribution in [2.45, 2.75) is 4.90 Å². The molecule has 0 bridgehead atoms. The number of hydrogen-bond donors (Lipinski definition) is 2. The molecule has 0 amide bonds. The van der Waals surface area contributed by atoms with Crippen LogP contribution in [0, 0.1) is 23.5 Å². The lowest BCUT2D eigenvalue weighted by Gasteiger charge is -2.11. The van der Waals surface area contributed by atoms with Gasteiger partial charge in [0, 0.05) is 17.1 Å². The molecule has 0 saturated heterocycles. The quantitative estimate of drug-likeness (QED) is 0.416. The van der Waals surface area contributed by atoms with Gasteiger partial charge in [0.05, 0.1) is 32.4 Å². The average Bonchev–Trinajstić information content (AvgIpc) is 3.20. The van der Waals surface area contributed by atoms with Gasteiger partial charge in [-0.2, -0.15) is 5.10 Å². The number of anilines is 1. The van der Waals surface area contributed by atoms with Crippen LogP contribution < -0.4 is 4.72 Å². The number of pyridine rings is 1. The maximum absolute atomic E-state index is 14.9. The van der Waals surface area contributed by atoms with E-state index in [-0.39, 0.29) is 14.9 Å². The molecule has 0 aliphatic carbocycles. The van der Waals surface area contributed by atoms with E-state index in [1.807, 2.05) is 0 Å². The molecule has 156 valence electrons. The van der Waals surface area contributed by atoms with Crippen molar-refractivity contribution in [2.75, 3.05) is 4.72 Å². The van der Waals surface area contributed by atoms with E-state index in [1.165, 1.54) is 24.5 Å². The lowest BCUT2D eigenvalue weighted by atomic mass is 10.1. The lowest BCUT2D eigenvalue weighted by Crippen LogP contribution is -2.14. The van der Waals surface area contributed by atoms with Gasteiger partial charge in [0.15, 0.2) is 11.5 Å². The summed E-state index contributed by atoms with van der Waals surface area (Å²) >= 11 is 11.6. The Bertz CT molecular complexity index is 1490. The van der Waals surface area contributed by atoms with Crippen molar-refractivity contribution in [3.63, 3.8) is 0 Å². The molecular weight excluding hydrogens is 469 g/mol. The Balaban J connectivity index is 1.68. The molecule has 0 aliphatic heterocycles. The molecule has 2 N–H and O–H groups in total. The summed E-state index contributed by atoms with van der Waals surface area (Å²) in [6, 6.07) is 7.14. The van der Waals surface area contributed by atoms with Gasteiger partial charge in [-0.05, 0) is 36.4 Å². The summed E-state index contributed by atoms with van der Waals surface area (Å²) in [7, 11) is -4.21. The van der Waals surface area contributed by atoms with Crippen molar-refractivity contribution in [1.29, 1.82) is 0 Å². The second kappa shape index (κ2) is 8.15. The number of rotatable bonds is 3. The van der Waals surface area contributed by atoms with Crippen LogP contribution in [0.25, 0.3) is 11.0 Å². The van der Waals surface area contributed by atoms with Crippen molar-refractivity contribution in [2.24, 2.45) is 0 Å². The molecule has 2 aromatic carbocycles. The van der Waals surface area contributed by atoms with Crippen LogP contribution in [-0.4, -0.2) is 23.6 Å². The highest BCUT2D eigenvalue weighted by Crippen LogP contribution is 2.28. The van der Waals surface area contributed by atoms with Crippen LogP contribution in [0.1, 0.15) is 11.1 Å². The predicted octanol–water partition coefficient (Wildman–Crippen LogP) is 4.74. The normalized spacial score (nSPS) is 11.2. The molecule has 2 aromatic heterocycles. The third kappa shape index (κ3) is 4.32. The Morgan fingerprint density at radius 1 is 1.00 bits per heavy atom. The zero-order chi connectivity index (χ0) is 22.2. The molecule has 0 radical (unpaired) electrons. The topological polar surface area (TPSA) is 87.7 Å². The summed E-state index contributed by atoms with van der Waals surface area (Å²) in [5, 5.41) is 7.36. The van der Waals surface area contributed by atoms with Crippen molar-refractivity contribution in [3.8, 4) is 11.8 Å². The fourth-order valence-corrected chi connectivity index (χ4v) is 4.08. The van der Waals surface area contributed by atoms with Gasteiger partial charge in [-0.3, -0.25) is 9.82 Å². The van der Waals surface area contributed by atoms with Crippen molar-refractivity contribution < 1.29 is 17.2 Å². The number of hydrogen-bond acceptors (Lipinski definition) is 4. The second-order valence-electron chi connectivity index (χ2n) is 6.25. The van der Waals surface area contributed by atoms with E-state index in [4.69, 9.17) is 23.2 Å². The first kappa shape index (κ1) is 21.1. The summed E-state index contributed by atoms with van der Waals surface area (Å²) in [5.41, 5.74) is -0.127. The highest BCUT2D eigenvalue weighted by atomic mass is 35.5. The molecule has 4 aromatic rings. The summed E-state index contributed by atoms with van der Waals surface area (Å²) in [6.07, 6.45) is 2.95. The van der Waals surface area contributed by atoms with E-state index in [1.54, 1.807) is 6.07 Å². The minimum Gasteiger partial charge on any atom is -0.277 e. The van der Waals surface area contributed by atoms with Crippen LogP contribution in [0.3, 0.4) is 0 Å². The number of sulfonamides is 1. The predicted molar refractivity (Wildman–Crippen MR) is 113 cm³/mol. The SMILES string of the molecule is O=S(=O)(Nc1ccc(F)c(C#Cc2cnc3[nH]ncc3c2)c1F)c1ccc(Cl)c(Cl)c1. The fraction of sp³-hybridized carbons (Fsp3) is 0.